The van der Waals surface area contributed by atoms with Crippen molar-refractivity contribution in [3.63, 3.8) is 0 Å². The van der Waals surface area contributed by atoms with Crippen molar-refractivity contribution in [2.45, 2.75) is 50.2 Å². The first-order valence-corrected chi connectivity index (χ1v) is 10.3. The van der Waals surface area contributed by atoms with Crippen LogP contribution in [0, 0.1) is 5.92 Å². The lowest BCUT2D eigenvalue weighted by Crippen LogP contribution is -2.41. The highest BCUT2D eigenvalue weighted by atomic mass is 32.2. The lowest BCUT2D eigenvalue weighted by atomic mass is 9.86. The fraction of sp³-hybridized carbons (Fsp3) is 0.526. The monoisotopic (exact) mass is 389 g/mol. The number of nitrogen functional groups attached to an aromatic ring is 1. The highest BCUT2D eigenvalue weighted by Gasteiger charge is 2.23. The standard InChI is InChI=1S/C19H27N5O2S/c1-13-5-3-4-6-16(13)21-18(25)12-27-19-23-22-17(24(19)20)11-14-7-9-15(26-2)10-8-14/h7-10,13,16H,3-6,11-12,20H2,1-2H3,(H,21,25)/t13-,16-/m0/s1. The summed E-state index contributed by atoms with van der Waals surface area (Å²) < 4.78 is 6.63. The van der Waals surface area contributed by atoms with Crippen molar-refractivity contribution in [2.75, 3.05) is 18.7 Å². The topological polar surface area (TPSA) is 95.1 Å². The molecule has 2 atom stereocenters. The molecule has 0 aliphatic heterocycles. The number of methoxy groups -OCH3 is 1. The SMILES string of the molecule is COc1ccc(Cc2nnc(SCC(=O)N[C@H]3CCCC[C@@H]3C)n2N)cc1. The minimum atomic E-state index is 0.0263. The molecule has 0 unspecified atom stereocenters. The molecule has 27 heavy (non-hydrogen) atoms. The molecule has 1 amide bonds. The Hall–Kier alpha value is -2.22. The van der Waals surface area contributed by atoms with Crippen LogP contribution < -0.4 is 15.9 Å². The molecule has 1 aromatic carbocycles. The molecule has 1 aromatic heterocycles. The maximum Gasteiger partial charge on any atom is 0.230 e. The molecule has 3 N–H and O–H groups in total. The quantitative estimate of drug-likeness (QED) is 0.558. The third-order valence-electron chi connectivity index (χ3n) is 5.05. The molecule has 8 heteroatoms. The van der Waals surface area contributed by atoms with Crippen molar-refractivity contribution >= 4 is 17.7 Å². The number of amides is 1. The molecule has 0 radical (unpaired) electrons. The Kier molecular flexibility index (Phi) is 6.60. The summed E-state index contributed by atoms with van der Waals surface area (Å²) in [7, 11) is 1.64. The van der Waals surface area contributed by atoms with Crippen LogP contribution in [0.15, 0.2) is 29.4 Å². The van der Waals surface area contributed by atoms with Crippen molar-refractivity contribution < 1.29 is 9.53 Å². The molecule has 1 aliphatic carbocycles. The summed E-state index contributed by atoms with van der Waals surface area (Å²) in [6.45, 7) is 2.21. The highest BCUT2D eigenvalue weighted by molar-refractivity contribution is 7.99. The fourth-order valence-corrected chi connectivity index (χ4v) is 4.05. The van der Waals surface area contributed by atoms with Crippen LogP contribution in [0.1, 0.15) is 44.0 Å². The van der Waals surface area contributed by atoms with Crippen molar-refractivity contribution in [2.24, 2.45) is 5.92 Å². The maximum atomic E-state index is 12.3. The second-order valence-corrected chi connectivity index (χ2v) is 7.96. The molecule has 2 aromatic rings. The lowest BCUT2D eigenvalue weighted by Gasteiger charge is -2.29. The molecule has 3 rings (SSSR count). The summed E-state index contributed by atoms with van der Waals surface area (Å²) in [6, 6.07) is 8.03. The van der Waals surface area contributed by atoms with Gasteiger partial charge in [-0.3, -0.25) is 4.79 Å². The van der Waals surface area contributed by atoms with E-state index in [2.05, 4.69) is 22.4 Å². The average molecular weight is 390 g/mol. The summed E-state index contributed by atoms with van der Waals surface area (Å²) >= 11 is 1.31. The molecule has 1 saturated carbocycles. The van der Waals surface area contributed by atoms with E-state index in [1.807, 2.05) is 24.3 Å². The Morgan fingerprint density at radius 1 is 1.30 bits per heavy atom. The van der Waals surface area contributed by atoms with Crippen molar-refractivity contribution in [3.8, 4) is 5.75 Å². The highest BCUT2D eigenvalue weighted by Crippen LogP contribution is 2.24. The number of nitrogens with two attached hydrogens (primary N) is 1. The number of ether oxygens (including phenoxy) is 1. The number of carbonyl (C=O) groups is 1. The maximum absolute atomic E-state index is 12.3. The van der Waals surface area contributed by atoms with E-state index in [-0.39, 0.29) is 11.9 Å². The second kappa shape index (κ2) is 9.12. The van der Waals surface area contributed by atoms with Crippen molar-refractivity contribution in [3.05, 3.63) is 35.7 Å². The Balaban J connectivity index is 1.52. The number of benzene rings is 1. The average Bonchev–Trinajstić information content (AvgIpc) is 3.02. The van der Waals surface area contributed by atoms with E-state index in [9.17, 15) is 4.79 Å². The number of nitrogens with one attached hydrogen (secondary N) is 1. The molecule has 0 saturated heterocycles. The van der Waals surface area contributed by atoms with Gasteiger partial charge in [-0.15, -0.1) is 10.2 Å². The van der Waals surface area contributed by atoms with E-state index in [4.69, 9.17) is 10.6 Å². The molecule has 7 nitrogen and oxygen atoms in total. The van der Waals surface area contributed by atoms with Crippen LogP contribution in [-0.2, 0) is 11.2 Å². The molecule has 1 fully saturated rings. The van der Waals surface area contributed by atoms with Crippen LogP contribution in [-0.4, -0.2) is 39.7 Å². The van der Waals surface area contributed by atoms with Crippen LogP contribution in [0.3, 0.4) is 0 Å². The van der Waals surface area contributed by atoms with Crippen molar-refractivity contribution in [1.29, 1.82) is 0 Å². The van der Waals surface area contributed by atoms with Crippen LogP contribution in [0.4, 0.5) is 0 Å². The van der Waals surface area contributed by atoms with E-state index in [1.165, 1.54) is 35.7 Å². The van der Waals surface area contributed by atoms with E-state index in [0.29, 0.717) is 29.1 Å². The Labute approximate surface area is 164 Å². The molecule has 0 spiro atoms. The van der Waals surface area contributed by atoms with Gasteiger partial charge in [0, 0.05) is 12.5 Å². The molecule has 0 bridgehead atoms. The van der Waals surface area contributed by atoms with Crippen molar-refractivity contribution in [1.82, 2.24) is 20.2 Å². The van der Waals surface area contributed by atoms with Gasteiger partial charge in [0.1, 0.15) is 5.75 Å². The smallest absolute Gasteiger partial charge is 0.230 e. The van der Waals surface area contributed by atoms with Gasteiger partial charge in [-0.1, -0.05) is 43.7 Å². The van der Waals surface area contributed by atoms with Gasteiger partial charge in [-0.25, -0.2) is 4.68 Å². The van der Waals surface area contributed by atoms with Crippen LogP contribution >= 0.6 is 11.8 Å². The predicted molar refractivity (Wildman–Crippen MR) is 106 cm³/mol. The first kappa shape index (κ1) is 19.5. The van der Waals surface area contributed by atoms with Crippen LogP contribution in [0.2, 0.25) is 0 Å². The number of carbonyl (C=O) groups excluding carboxylic acids is 1. The fourth-order valence-electron chi connectivity index (χ4n) is 3.36. The number of aromatic nitrogens is 3. The number of rotatable bonds is 7. The van der Waals surface area contributed by atoms with Gasteiger partial charge < -0.3 is 15.9 Å². The lowest BCUT2D eigenvalue weighted by molar-refractivity contribution is -0.119. The van der Waals surface area contributed by atoms with E-state index in [0.717, 1.165) is 17.7 Å². The number of hydrogen-bond acceptors (Lipinski definition) is 6. The zero-order valence-electron chi connectivity index (χ0n) is 15.9. The first-order chi connectivity index (χ1) is 13.1. The number of hydrogen-bond donors (Lipinski definition) is 2. The van der Waals surface area contributed by atoms with Gasteiger partial charge in [-0.05, 0) is 36.5 Å². The Morgan fingerprint density at radius 3 is 2.74 bits per heavy atom. The predicted octanol–water partition coefficient (Wildman–Crippen LogP) is 2.38. The normalized spacial score (nSPS) is 19.6. The summed E-state index contributed by atoms with van der Waals surface area (Å²) in [6.07, 6.45) is 5.27. The zero-order valence-corrected chi connectivity index (χ0v) is 16.7. The third-order valence-corrected chi connectivity index (χ3v) is 5.99. The first-order valence-electron chi connectivity index (χ1n) is 9.31. The van der Waals surface area contributed by atoms with Gasteiger partial charge in [0.15, 0.2) is 5.82 Å². The summed E-state index contributed by atoms with van der Waals surface area (Å²) in [5.41, 5.74) is 1.07. The Bertz CT molecular complexity index is 762. The van der Waals surface area contributed by atoms with E-state index < -0.39 is 0 Å². The van der Waals surface area contributed by atoms with Gasteiger partial charge in [0.25, 0.3) is 0 Å². The van der Waals surface area contributed by atoms with E-state index in [1.54, 1.807) is 7.11 Å². The largest absolute Gasteiger partial charge is 0.497 e. The minimum absolute atomic E-state index is 0.0263. The van der Waals surface area contributed by atoms with Crippen LogP contribution in [0.25, 0.3) is 0 Å². The number of nitrogens with zero attached hydrogens (tertiary/aromatic N) is 3. The van der Waals surface area contributed by atoms with Gasteiger partial charge in [-0.2, -0.15) is 0 Å². The molecular weight excluding hydrogens is 362 g/mol. The summed E-state index contributed by atoms with van der Waals surface area (Å²) in [5.74, 6) is 8.44. The third kappa shape index (κ3) is 5.15. The molecule has 1 aliphatic rings. The van der Waals surface area contributed by atoms with Crippen LogP contribution in [0.5, 0.6) is 5.75 Å². The molecular formula is C19H27N5O2S. The second-order valence-electron chi connectivity index (χ2n) is 7.02. The zero-order chi connectivity index (χ0) is 19.2. The minimum Gasteiger partial charge on any atom is -0.497 e. The van der Waals surface area contributed by atoms with E-state index >= 15 is 0 Å². The molecule has 146 valence electrons. The summed E-state index contributed by atoms with van der Waals surface area (Å²) in [4.78, 5) is 12.3. The Morgan fingerprint density at radius 2 is 2.04 bits per heavy atom. The molecule has 1 heterocycles. The van der Waals surface area contributed by atoms with Gasteiger partial charge in [0.05, 0.1) is 12.9 Å². The van der Waals surface area contributed by atoms with Gasteiger partial charge in [0.2, 0.25) is 11.1 Å². The number of thioether (sulfide) groups is 1. The van der Waals surface area contributed by atoms with Gasteiger partial charge >= 0.3 is 0 Å². The summed E-state index contributed by atoms with van der Waals surface area (Å²) in [5, 5.41) is 12.0.